The Kier molecular flexibility index (Phi) is 5.54. The van der Waals surface area contributed by atoms with Crippen LogP contribution in [0, 0.1) is 5.92 Å². The van der Waals surface area contributed by atoms with Crippen LogP contribution in [0.25, 0.3) is 0 Å². The normalized spacial score (nSPS) is 16.5. The molecule has 1 unspecified atom stereocenters. The first-order valence-corrected chi connectivity index (χ1v) is 8.27. The SMILES string of the molecule is COc1ccccc1N1CC(C(=O)Nc2ccc(OC(F)F)cc2)CC1=O. The molecule has 8 heteroatoms. The Morgan fingerprint density at radius 2 is 1.89 bits per heavy atom. The zero-order valence-electron chi connectivity index (χ0n) is 14.5. The van der Waals surface area contributed by atoms with Gasteiger partial charge in [0, 0.05) is 18.7 Å². The first-order chi connectivity index (χ1) is 13.0. The molecule has 0 radical (unpaired) electrons. The quantitative estimate of drug-likeness (QED) is 0.840. The van der Waals surface area contributed by atoms with Crippen molar-refractivity contribution in [2.24, 2.45) is 5.92 Å². The van der Waals surface area contributed by atoms with E-state index in [0.717, 1.165) is 0 Å². The molecule has 1 heterocycles. The minimum Gasteiger partial charge on any atom is -0.495 e. The van der Waals surface area contributed by atoms with Gasteiger partial charge in [-0.3, -0.25) is 9.59 Å². The first-order valence-electron chi connectivity index (χ1n) is 8.27. The monoisotopic (exact) mass is 376 g/mol. The Morgan fingerprint density at radius 3 is 2.56 bits per heavy atom. The standard InChI is InChI=1S/C19H18F2N2O4/c1-26-16-5-3-2-4-15(16)23-11-12(10-17(23)24)18(25)22-13-6-8-14(9-7-13)27-19(20)21/h2-9,12,19H,10-11H2,1H3,(H,22,25). The lowest BCUT2D eigenvalue weighted by atomic mass is 10.1. The molecule has 1 saturated heterocycles. The van der Waals surface area contributed by atoms with Crippen molar-refractivity contribution in [3.63, 3.8) is 0 Å². The number of alkyl halides is 2. The van der Waals surface area contributed by atoms with Gasteiger partial charge < -0.3 is 19.7 Å². The molecule has 1 aliphatic rings. The molecule has 0 saturated carbocycles. The van der Waals surface area contributed by atoms with Gasteiger partial charge in [0.2, 0.25) is 11.8 Å². The molecule has 1 N–H and O–H groups in total. The summed E-state index contributed by atoms with van der Waals surface area (Å²) in [4.78, 5) is 26.4. The molecule has 0 bridgehead atoms. The highest BCUT2D eigenvalue weighted by Gasteiger charge is 2.36. The number of carbonyl (C=O) groups is 2. The number of hydrogen-bond donors (Lipinski definition) is 1. The van der Waals surface area contributed by atoms with Crippen LogP contribution in [0.3, 0.4) is 0 Å². The van der Waals surface area contributed by atoms with Gasteiger partial charge in [-0.25, -0.2) is 0 Å². The molecule has 27 heavy (non-hydrogen) atoms. The van der Waals surface area contributed by atoms with Gasteiger partial charge in [0.15, 0.2) is 0 Å². The maximum atomic E-state index is 12.5. The van der Waals surface area contributed by atoms with E-state index in [-0.39, 0.29) is 30.5 Å². The van der Waals surface area contributed by atoms with Gasteiger partial charge in [-0.15, -0.1) is 0 Å². The second-order valence-corrected chi connectivity index (χ2v) is 5.97. The molecular formula is C19H18F2N2O4. The number of ether oxygens (including phenoxy) is 2. The largest absolute Gasteiger partial charge is 0.495 e. The molecule has 2 aromatic carbocycles. The third-order valence-corrected chi connectivity index (χ3v) is 4.22. The minimum absolute atomic E-state index is 0.00129. The molecular weight excluding hydrogens is 358 g/mol. The van der Waals surface area contributed by atoms with E-state index in [9.17, 15) is 18.4 Å². The molecule has 3 rings (SSSR count). The lowest BCUT2D eigenvalue weighted by Crippen LogP contribution is -2.28. The average Bonchev–Trinajstić information content (AvgIpc) is 3.04. The number of methoxy groups -OCH3 is 1. The van der Waals surface area contributed by atoms with E-state index >= 15 is 0 Å². The van der Waals surface area contributed by atoms with Crippen LogP contribution < -0.4 is 19.7 Å². The molecule has 6 nitrogen and oxygen atoms in total. The topological polar surface area (TPSA) is 67.9 Å². The molecule has 0 spiro atoms. The van der Waals surface area contributed by atoms with E-state index < -0.39 is 12.5 Å². The Balaban J connectivity index is 1.65. The van der Waals surface area contributed by atoms with Crippen molar-refractivity contribution in [2.75, 3.05) is 23.9 Å². The van der Waals surface area contributed by atoms with Crippen LogP contribution in [-0.2, 0) is 9.59 Å². The fraction of sp³-hybridized carbons (Fsp3) is 0.263. The van der Waals surface area contributed by atoms with Crippen molar-refractivity contribution >= 4 is 23.2 Å². The first kappa shape index (κ1) is 18.6. The molecule has 2 amide bonds. The zero-order chi connectivity index (χ0) is 19.4. The lowest BCUT2D eigenvalue weighted by Gasteiger charge is -2.19. The van der Waals surface area contributed by atoms with Crippen LogP contribution in [0.1, 0.15) is 6.42 Å². The minimum atomic E-state index is -2.91. The van der Waals surface area contributed by atoms with Crippen LogP contribution in [0.15, 0.2) is 48.5 Å². The van der Waals surface area contributed by atoms with Crippen LogP contribution >= 0.6 is 0 Å². The molecule has 1 aliphatic heterocycles. The predicted octanol–water partition coefficient (Wildman–Crippen LogP) is 3.29. The number of rotatable bonds is 6. The summed E-state index contributed by atoms with van der Waals surface area (Å²) in [7, 11) is 1.52. The molecule has 142 valence electrons. The van der Waals surface area contributed by atoms with Gasteiger partial charge in [0.1, 0.15) is 11.5 Å². The van der Waals surface area contributed by atoms with Gasteiger partial charge >= 0.3 is 6.61 Å². The summed E-state index contributed by atoms with van der Waals surface area (Å²) in [5.74, 6) is -0.453. The van der Waals surface area contributed by atoms with Crippen molar-refractivity contribution in [3.8, 4) is 11.5 Å². The Hall–Kier alpha value is -3.16. The summed E-state index contributed by atoms with van der Waals surface area (Å²) < 4.78 is 33.9. The van der Waals surface area contributed by atoms with Crippen LogP contribution in [-0.4, -0.2) is 32.1 Å². The molecule has 0 aromatic heterocycles. The molecule has 2 aromatic rings. The van der Waals surface area contributed by atoms with Gasteiger partial charge in [-0.05, 0) is 36.4 Å². The third kappa shape index (κ3) is 4.33. The van der Waals surface area contributed by atoms with E-state index in [1.807, 2.05) is 0 Å². The van der Waals surface area contributed by atoms with E-state index in [1.54, 1.807) is 24.3 Å². The van der Waals surface area contributed by atoms with Crippen molar-refractivity contribution in [1.82, 2.24) is 0 Å². The smallest absolute Gasteiger partial charge is 0.387 e. The van der Waals surface area contributed by atoms with Gasteiger partial charge in [-0.2, -0.15) is 8.78 Å². The van der Waals surface area contributed by atoms with E-state index in [4.69, 9.17) is 4.74 Å². The highest BCUT2D eigenvalue weighted by Crippen LogP contribution is 2.33. The van der Waals surface area contributed by atoms with Crippen LogP contribution in [0.2, 0.25) is 0 Å². The number of carbonyl (C=O) groups excluding carboxylic acids is 2. The fourth-order valence-corrected chi connectivity index (χ4v) is 2.93. The zero-order valence-corrected chi connectivity index (χ0v) is 14.5. The highest BCUT2D eigenvalue weighted by atomic mass is 19.3. The van der Waals surface area contributed by atoms with Crippen molar-refractivity contribution in [3.05, 3.63) is 48.5 Å². The van der Waals surface area contributed by atoms with Crippen LogP contribution in [0.4, 0.5) is 20.2 Å². The number of nitrogens with zero attached hydrogens (tertiary/aromatic N) is 1. The number of halogens is 2. The number of nitrogens with one attached hydrogen (secondary N) is 1. The fourth-order valence-electron chi connectivity index (χ4n) is 2.93. The predicted molar refractivity (Wildman–Crippen MR) is 95.2 cm³/mol. The molecule has 1 atom stereocenters. The van der Waals surface area contributed by atoms with E-state index in [0.29, 0.717) is 17.1 Å². The number of para-hydroxylation sites is 2. The summed E-state index contributed by atoms with van der Waals surface area (Å²) in [6, 6.07) is 12.7. The second kappa shape index (κ2) is 8.03. The maximum absolute atomic E-state index is 12.5. The summed E-state index contributed by atoms with van der Waals surface area (Å²) in [6.07, 6.45) is 0.0798. The number of hydrogen-bond acceptors (Lipinski definition) is 4. The second-order valence-electron chi connectivity index (χ2n) is 5.97. The Labute approximate surface area is 154 Å². The van der Waals surface area contributed by atoms with Gasteiger partial charge in [0.05, 0.1) is 18.7 Å². The number of anilines is 2. The lowest BCUT2D eigenvalue weighted by molar-refractivity contribution is -0.122. The highest BCUT2D eigenvalue weighted by molar-refractivity contribution is 6.04. The van der Waals surface area contributed by atoms with Crippen molar-refractivity contribution in [2.45, 2.75) is 13.0 Å². The van der Waals surface area contributed by atoms with Crippen molar-refractivity contribution in [1.29, 1.82) is 0 Å². The number of amides is 2. The van der Waals surface area contributed by atoms with Gasteiger partial charge in [0.25, 0.3) is 0 Å². The summed E-state index contributed by atoms with van der Waals surface area (Å²) in [6.45, 7) is -2.67. The van der Waals surface area contributed by atoms with E-state index in [2.05, 4.69) is 10.1 Å². The molecule has 0 aliphatic carbocycles. The summed E-state index contributed by atoms with van der Waals surface area (Å²) >= 11 is 0. The van der Waals surface area contributed by atoms with E-state index in [1.165, 1.54) is 36.3 Å². The summed E-state index contributed by atoms with van der Waals surface area (Å²) in [5.41, 5.74) is 1.05. The molecule has 1 fully saturated rings. The van der Waals surface area contributed by atoms with Crippen LogP contribution in [0.5, 0.6) is 11.5 Å². The van der Waals surface area contributed by atoms with Crippen molar-refractivity contribution < 1.29 is 27.8 Å². The average molecular weight is 376 g/mol. The Morgan fingerprint density at radius 1 is 1.19 bits per heavy atom. The summed E-state index contributed by atoms with van der Waals surface area (Å²) in [5, 5.41) is 2.69. The third-order valence-electron chi connectivity index (χ3n) is 4.22. The Bertz CT molecular complexity index is 827. The number of benzene rings is 2. The maximum Gasteiger partial charge on any atom is 0.387 e. The van der Waals surface area contributed by atoms with Gasteiger partial charge in [-0.1, -0.05) is 12.1 Å².